The van der Waals surface area contributed by atoms with Crippen molar-refractivity contribution in [3.63, 3.8) is 0 Å². The molecule has 0 fully saturated rings. The van der Waals surface area contributed by atoms with Crippen LogP contribution in [0.3, 0.4) is 0 Å². The van der Waals surface area contributed by atoms with Crippen molar-refractivity contribution in [3.8, 4) is 0 Å². The van der Waals surface area contributed by atoms with Gasteiger partial charge in [0.15, 0.2) is 5.16 Å². The summed E-state index contributed by atoms with van der Waals surface area (Å²) in [6, 6.07) is 6.51. The number of carbonyl (C=O) groups is 2. The number of ether oxygens (including phenoxy) is 1. The summed E-state index contributed by atoms with van der Waals surface area (Å²) in [5.74, 6) is -0.458. The van der Waals surface area contributed by atoms with Crippen LogP contribution in [0.5, 0.6) is 0 Å². The van der Waals surface area contributed by atoms with E-state index in [0.717, 1.165) is 11.8 Å². The average Bonchev–Trinajstić information content (AvgIpc) is 2.64. The molecule has 3 amide bonds. The van der Waals surface area contributed by atoms with Gasteiger partial charge in [-0.3, -0.25) is 19.5 Å². The fraction of sp³-hybridized carbons (Fsp3) is 0.412. The smallest absolute Gasteiger partial charge is 0.321 e. The molecule has 0 bridgehead atoms. The highest BCUT2D eigenvalue weighted by Gasteiger charge is 2.20. The Labute approximate surface area is 155 Å². The Morgan fingerprint density at radius 1 is 1.35 bits per heavy atom. The van der Waals surface area contributed by atoms with Gasteiger partial charge in [-0.2, -0.15) is 0 Å². The van der Waals surface area contributed by atoms with Crippen LogP contribution < -0.4 is 16.2 Å². The van der Waals surface area contributed by atoms with E-state index in [1.807, 2.05) is 0 Å². The summed E-state index contributed by atoms with van der Waals surface area (Å²) in [5, 5.41) is 4.91. The van der Waals surface area contributed by atoms with Crippen molar-refractivity contribution in [2.45, 2.75) is 30.3 Å². The molecule has 1 aromatic heterocycles. The van der Waals surface area contributed by atoms with Crippen LogP contribution in [0, 0.1) is 0 Å². The van der Waals surface area contributed by atoms with Crippen molar-refractivity contribution in [3.05, 3.63) is 34.6 Å². The van der Waals surface area contributed by atoms with Crippen molar-refractivity contribution in [1.29, 1.82) is 0 Å². The molecule has 0 radical (unpaired) electrons. The van der Waals surface area contributed by atoms with E-state index in [1.165, 1.54) is 7.05 Å². The molecular formula is C17H22N4O4S. The molecule has 0 aliphatic carbocycles. The number of hydrogen-bond donors (Lipinski definition) is 2. The highest BCUT2D eigenvalue weighted by atomic mass is 32.2. The Morgan fingerprint density at radius 3 is 2.77 bits per heavy atom. The van der Waals surface area contributed by atoms with Crippen LogP contribution in [0.4, 0.5) is 4.79 Å². The maximum atomic E-state index is 12.8. The van der Waals surface area contributed by atoms with Crippen molar-refractivity contribution in [1.82, 2.24) is 20.2 Å². The molecule has 0 unspecified atom stereocenters. The average molecular weight is 378 g/mol. The summed E-state index contributed by atoms with van der Waals surface area (Å²) in [4.78, 5) is 40.8. The monoisotopic (exact) mass is 378 g/mol. The maximum Gasteiger partial charge on any atom is 0.321 e. The minimum absolute atomic E-state index is 0.159. The first-order valence-corrected chi connectivity index (χ1v) is 9.03. The lowest BCUT2D eigenvalue weighted by molar-refractivity contribution is -0.119. The molecule has 0 aliphatic heterocycles. The molecule has 1 heterocycles. The van der Waals surface area contributed by atoms with E-state index in [9.17, 15) is 14.4 Å². The van der Waals surface area contributed by atoms with E-state index in [0.29, 0.717) is 35.6 Å². The van der Waals surface area contributed by atoms with Gasteiger partial charge < -0.3 is 10.1 Å². The molecule has 2 rings (SSSR count). The molecule has 1 aromatic carbocycles. The normalized spacial score (nSPS) is 12.0. The van der Waals surface area contributed by atoms with E-state index in [1.54, 1.807) is 42.9 Å². The number of amides is 3. The number of aromatic nitrogens is 2. The van der Waals surface area contributed by atoms with E-state index in [4.69, 9.17) is 4.74 Å². The number of imide groups is 1. The minimum Gasteiger partial charge on any atom is -0.385 e. The molecule has 0 aliphatic rings. The Kier molecular flexibility index (Phi) is 7.16. The molecule has 2 N–H and O–H groups in total. The summed E-state index contributed by atoms with van der Waals surface area (Å²) in [7, 11) is 3.03. The highest BCUT2D eigenvalue weighted by molar-refractivity contribution is 8.00. The second kappa shape index (κ2) is 9.35. The van der Waals surface area contributed by atoms with Crippen LogP contribution in [0.25, 0.3) is 10.9 Å². The van der Waals surface area contributed by atoms with Gasteiger partial charge in [0.2, 0.25) is 5.91 Å². The number of nitrogens with one attached hydrogen (secondary N) is 2. The van der Waals surface area contributed by atoms with Crippen LogP contribution in [-0.2, 0) is 16.1 Å². The van der Waals surface area contributed by atoms with Gasteiger partial charge in [0.1, 0.15) is 0 Å². The fourth-order valence-corrected chi connectivity index (χ4v) is 3.22. The van der Waals surface area contributed by atoms with Gasteiger partial charge in [-0.1, -0.05) is 23.9 Å². The number of benzene rings is 1. The molecule has 8 nitrogen and oxygen atoms in total. The number of nitrogens with zero attached hydrogens (tertiary/aromatic N) is 2. The number of fused-ring (bicyclic) bond motifs is 1. The van der Waals surface area contributed by atoms with E-state index < -0.39 is 17.2 Å². The lowest BCUT2D eigenvalue weighted by Gasteiger charge is -2.16. The highest BCUT2D eigenvalue weighted by Crippen LogP contribution is 2.22. The van der Waals surface area contributed by atoms with Crippen LogP contribution >= 0.6 is 11.8 Å². The van der Waals surface area contributed by atoms with Crippen molar-refractivity contribution in [2.24, 2.45) is 0 Å². The minimum atomic E-state index is -0.603. The second-order valence-electron chi connectivity index (χ2n) is 5.54. The third-order valence-corrected chi connectivity index (χ3v) is 4.76. The summed E-state index contributed by atoms with van der Waals surface area (Å²) < 4.78 is 6.61. The van der Waals surface area contributed by atoms with E-state index in [-0.39, 0.29) is 5.56 Å². The largest absolute Gasteiger partial charge is 0.385 e. The Bertz CT molecular complexity index is 852. The van der Waals surface area contributed by atoms with Gasteiger partial charge in [0.25, 0.3) is 5.56 Å². The van der Waals surface area contributed by atoms with Crippen LogP contribution in [0.1, 0.15) is 13.3 Å². The fourth-order valence-electron chi connectivity index (χ4n) is 2.29. The van der Waals surface area contributed by atoms with Gasteiger partial charge >= 0.3 is 6.03 Å². The molecule has 2 aromatic rings. The molecule has 140 valence electrons. The SMILES string of the molecule is CNC(=O)NC(=O)[C@H](C)Sc1nc2ccccc2c(=O)n1CCCOC. The van der Waals surface area contributed by atoms with Gasteiger partial charge in [-0.05, 0) is 25.5 Å². The second-order valence-corrected chi connectivity index (χ2v) is 6.85. The van der Waals surface area contributed by atoms with Crippen LogP contribution in [0.2, 0.25) is 0 Å². The zero-order valence-corrected chi connectivity index (χ0v) is 15.8. The molecular weight excluding hydrogens is 356 g/mol. The number of urea groups is 1. The number of rotatable bonds is 7. The lowest BCUT2D eigenvalue weighted by atomic mass is 10.2. The van der Waals surface area contributed by atoms with Gasteiger partial charge in [-0.15, -0.1) is 0 Å². The molecule has 0 saturated heterocycles. The number of carbonyl (C=O) groups excluding carboxylic acids is 2. The number of methoxy groups -OCH3 is 1. The zero-order valence-electron chi connectivity index (χ0n) is 14.9. The molecule has 0 spiro atoms. The van der Waals surface area contributed by atoms with Crippen molar-refractivity contribution < 1.29 is 14.3 Å². The standard InChI is InChI=1S/C17H22N4O4S/c1-11(14(22)20-16(24)18-2)26-17-19-13-8-5-4-7-12(13)15(23)21(17)9-6-10-25-3/h4-5,7-8,11H,6,9-10H2,1-3H3,(H2,18,20,22,24)/t11-/m0/s1. The first-order valence-electron chi connectivity index (χ1n) is 8.15. The number of para-hydroxylation sites is 1. The quantitative estimate of drug-likeness (QED) is 0.429. The molecule has 26 heavy (non-hydrogen) atoms. The number of hydrogen-bond acceptors (Lipinski definition) is 6. The van der Waals surface area contributed by atoms with Gasteiger partial charge in [-0.25, -0.2) is 9.78 Å². The zero-order chi connectivity index (χ0) is 19.1. The van der Waals surface area contributed by atoms with Crippen molar-refractivity contribution in [2.75, 3.05) is 20.8 Å². The Hall–Kier alpha value is -2.39. The Balaban J connectivity index is 2.34. The van der Waals surface area contributed by atoms with E-state index >= 15 is 0 Å². The Morgan fingerprint density at radius 2 is 2.08 bits per heavy atom. The lowest BCUT2D eigenvalue weighted by Crippen LogP contribution is -2.41. The number of thioether (sulfide) groups is 1. The topological polar surface area (TPSA) is 102 Å². The summed E-state index contributed by atoms with van der Waals surface area (Å²) in [6.07, 6.45) is 0.642. The summed E-state index contributed by atoms with van der Waals surface area (Å²) in [5.41, 5.74) is 0.412. The predicted molar refractivity (Wildman–Crippen MR) is 100 cm³/mol. The van der Waals surface area contributed by atoms with Crippen molar-refractivity contribution >= 4 is 34.6 Å². The van der Waals surface area contributed by atoms with Gasteiger partial charge in [0, 0.05) is 27.3 Å². The molecule has 1 atom stereocenters. The predicted octanol–water partition coefficient (Wildman–Crippen LogP) is 1.37. The third-order valence-electron chi connectivity index (χ3n) is 3.67. The molecule has 0 saturated carbocycles. The summed E-state index contributed by atoms with van der Waals surface area (Å²) >= 11 is 1.14. The first kappa shape index (κ1) is 19.9. The first-order chi connectivity index (χ1) is 12.5. The van der Waals surface area contributed by atoms with Crippen LogP contribution in [-0.4, -0.2) is 47.5 Å². The van der Waals surface area contributed by atoms with Gasteiger partial charge in [0.05, 0.1) is 16.2 Å². The summed E-state index contributed by atoms with van der Waals surface area (Å²) in [6.45, 7) is 2.59. The molecule has 9 heteroatoms. The van der Waals surface area contributed by atoms with Crippen LogP contribution in [0.15, 0.2) is 34.2 Å². The maximum absolute atomic E-state index is 12.8. The van der Waals surface area contributed by atoms with E-state index in [2.05, 4.69) is 15.6 Å². The third kappa shape index (κ3) is 4.83.